The fraction of sp³-hybridized carbons (Fsp3) is 0.273. The van der Waals surface area contributed by atoms with Crippen molar-refractivity contribution < 1.29 is 9.59 Å². The number of nitrogens with one attached hydrogen (secondary N) is 1. The number of hydrogen-bond acceptors (Lipinski definition) is 2. The number of benzene rings is 1. The Bertz CT molecular complexity index is 385. The lowest BCUT2D eigenvalue weighted by Crippen LogP contribution is -2.09. The van der Waals surface area contributed by atoms with Crippen molar-refractivity contribution in [2.45, 2.75) is 19.3 Å². The quantitative estimate of drug-likeness (QED) is 0.684. The highest BCUT2D eigenvalue weighted by atomic mass is 16.1. The molecule has 0 atom stereocenters. The Morgan fingerprint density at radius 2 is 2.14 bits per heavy atom. The van der Waals surface area contributed by atoms with Gasteiger partial charge in [-0.2, -0.15) is 0 Å². The number of hydrogen-bond donors (Lipinski definition) is 1. The van der Waals surface area contributed by atoms with Crippen molar-refractivity contribution in [1.29, 1.82) is 0 Å². The molecule has 0 fully saturated rings. The SMILES string of the molecule is O=Cc1cccc2c1CCCC(=O)N2. The Labute approximate surface area is 82.1 Å². The standard InChI is InChI=1S/C11H11NO2/c13-7-8-3-1-5-10-9(8)4-2-6-11(14)12-10/h1,3,5,7H,2,4,6H2,(H,12,14). The van der Waals surface area contributed by atoms with E-state index >= 15 is 0 Å². The molecule has 1 aliphatic rings. The third kappa shape index (κ3) is 1.53. The molecule has 1 aromatic rings. The maximum absolute atomic E-state index is 11.2. The number of anilines is 1. The van der Waals surface area contributed by atoms with Gasteiger partial charge in [-0.3, -0.25) is 9.59 Å². The van der Waals surface area contributed by atoms with Gasteiger partial charge in [0.25, 0.3) is 0 Å². The lowest BCUT2D eigenvalue weighted by atomic mass is 10.0. The van der Waals surface area contributed by atoms with Crippen LogP contribution >= 0.6 is 0 Å². The van der Waals surface area contributed by atoms with Crippen molar-refractivity contribution >= 4 is 17.9 Å². The number of carbonyl (C=O) groups excluding carboxylic acids is 2. The van der Waals surface area contributed by atoms with Crippen molar-refractivity contribution in [2.75, 3.05) is 5.32 Å². The van der Waals surface area contributed by atoms with Gasteiger partial charge in [0.1, 0.15) is 6.29 Å². The monoisotopic (exact) mass is 189 g/mol. The summed E-state index contributed by atoms with van der Waals surface area (Å²) in [7, 11) is 0. The Morgan fingerprint density at radius 1 is 1.29 bits per heavy atom. The molecule has 2 rings (SSSR count). The lowest BCUT2D eigenvalue weighted by molar-refractivity contribution is -0.116. The van der Waals surface area contributed by atoms with Crippen molar-refractivity contribution in [3.05, 3.63) is 29.3 Å². The van der Waals surface area contributed by atoms with Crippen LogP contribution in [0.3, 0.4) is 0 Å². The van der Waals surface area contributed by atoms with E-state index in [0.717, 1.165) is 30.4 Å². The summed E-state index contributed by atoms with van der Waals surface area (Å²) in [5.41, 5.74) is 2.44. The summed E-state index contributed by atoms with van der Waals surface area (Å²) in [4.78, 5) is 22.0. The lowest BCUT2D eigenvalue weighted by Gasteiger charge is -2.07. The Kier molecular flexibility index (Phi) is 2.31. The molecule has 14 heavy (non-hydrogen) atoms. The van der Waals surface area contributed by atoms with Gasteiger partial charge in [0, 0.05) is 17.7 Å². The van der Waals surface area contributed by atoms with Gasteiger partial charge in [0.15, 0.2) is 0 Å². The van der Waals surface area contributed by atoms with Crippen LogP contribution < -0.4 is 5.32 Å². The van der Waals surface area contributed by atoms with E-state index < -0.39 is 0 Å². The van der Waals surface area contributed by atoms with Gasteiger partial charge in [-0.15, -0.1) is 0 Å². The van der Waals surface area contributed by atoms with Crippen LogP contribution in [0.1, 0.15) is 28.8 Å². The maximum atomic E-state index is 11.2. The molecule has 3 nitrogen and oxygen atoms in total. The number of amides is 1. The number of fused-ring (bicyclic) bond motifs is 1. The molecule has 0 unspecified atom stereocenters. The molecule has 0 saturated carbocycles. The molecule has 1 heterocycles. The van der Waals surface area contributed by atoms with Gasteiger partial charge < -0.3 is 5.32 Å². The van der Waals surface area contributed by atoms with Crippen LogP contribution in [0.5, 0.6) is 0 Å². The van der Waals surface area contributed by atoms with E-state index in [-0.39, 0.29) is 5.91 Å². The van der Waals surface area contributed by atoms with E-state index in [9.17, 15) is 9.59 Å². The van der Waals surface area contributed by atoms with Crippen molar-refractivity contribution in [2.24, 2.45) is 0 Å². The molecule has 0 aromatic heterocycles. The minimum Gasteiger partial charge on any atom is -0.326 e. The van der Waals surface area contributed by atoms with Gasteiger partial charge in [-0.25, -0.2) is 0 Å². The van der Waals surface area contributed by atoms with Crippen LogP contribution in [0, 0.1) is 0 Å². The van der Waals surface area contributed by atoms with E-state index in [0.29, 0.717) is 12.0 Å². The minimum absolute atomic E-state index is 0.0341. The first-order chi connectivity index (χ1) is 6.81. The summed E-state index contributed by atoms with van der Waals surface area (Å²) in [6, 6.07) is 5.41. The highest BCUT2D eigenvalue weighted by Gasteiger charge is 2.14. The smallest absolute Gasteiger partial charge is 0.224 e. The molecule has 0 spiro atoms. The first-order valence-corrected chi connectivity index (χ1v) is 4.68. The minimum atomic E-state index is 0.0341. The molecule has 0 saturated heterocycles. The Morgan fingerprint density at radius 3 is 2.93 bits per heavy atom. The average molecular weight is 189 g/mol. The van der Waals surface area contributed by atoms with Gasteiger partial charge >= 0.3 is 0 Å². The first kappa shape index (κ1) is 8.94. The largest absolute Gasteiger partial charge is 0.326 e. The molecule has 1 N–H and O–H groups in total. The molecular weight excluding hydrogens is 178 g/mol. The third-order valence-corrected chi connectivity index (χ3v) is 2.44. The molecule has 0 radical (unpaired) electrons. The van der Waals surface area contributed by atoms with Gasteiger partial charge in [0.2, 0.25) is 5.91 Å². The topological polar surface area (TPSA) is 46.2 Å². The Balaban J connectivity index is 2.48. The predicted octanol–water partition coefficient (Wildman–Crippen LogP) is 1.77. The van der Waals surface area contributed by atoms with E-state index in [1.54, 1.807) is 12.1 Å². The second-order valence-corrected chi connectivity index (χ2v) is 3.39. The van der Waals surface area contributed by atoms with Crippen LogP contribution in [0.25, 0.3) is 0 Å². The van der Waals surface area contributed by atoms with Crippen molar-refractivity contribution in [3.8, 4) is 0 Å². The van der Waals surface area contributed by atoms with Gasteiger partial charge in [0.05, 0.1) is 0 Å². The van der Waals surface area contributed by atoms with Gasteiger partial charge in [-0.05, 0) is 24.5 Å². The van der Waals surface area contributed by atoms with E-state index in [1.165, 1.54) is 0 Å². The van der Waals surface area contributed by atoms with E-state index in [1.807, 2.05) is 6.07 Å². The van der Waals surface area contributed by atoms with Crippen molar-refractivity contribution in [1.82, 2.24) is 0 Å². The zero-order valence-corrected chi connectivity index (χ0v) is 7.75. The van der Waals surface area contributed by atoms with Gasteiger partial charge in [-0.1, -0.05) is 12.1 Å². The summed E-state index contributed by atoms with van der Waals surface area (Å²) < 4.78 is 0. The molecule has 0 bridgehead atoms. The van der Waals surface area contributed by atoms with Crippen LogP contribution in [0.4, 0.5) is 5.69 Å². The number of rotatable bonds is 1. The van der Waals surface area contributed by atoms with Crippen LogP contribution in [0.15, 0.2) is 18.2 Å². The van der Waals surface area contributed by atoms with Crippen LogP contribution in [0.2, 0.25) is 0 Å². The summed E-state index contributed by atoms with van der Waals surface area (Å²) in [6.07, 6.45) is 2.98. The zero-order chi connectivity index (χ0) is 9.97. The summed E-state index contributed by atoms with van der Waals surface area (Å²) in [5.74, 6) is 0.0341. The molecule has 1 aliphatic heterocycles. The van der Waals surface area contributed by atoms with Crippen LogP contribution in [-0.2, 0) is 11.2 Å². The molecular formula is C11H11NO2. The predicted molar refractivity (Wildman–Crippen MR) is 53.4 cm³/mol. The van der Waals surface area contributed by atoms with E-state index in [2.05, 4.69) is 5.32 Å². The summed E-state index contributed by atoms with van der Waals surface area (Å²) in [5, 5.41) is 2.80. The molecule has 3 heteroatoms. The highest BCUT2D eigenvalue weighted by Crippen LogP contribution is 2.24. The first-order valence-electron chi connectivity index (χ1n) is 4.68. The fourth-order valence-corrected chi connectivity index (χ4v) is 1.75. The van der Waals surface area contributed by atoms with Crippen molar-refractivity contribution in [3.63, 3.8) is 0 Å². The summed E-state index contributed by atoms with van der Waals surface area (Å²) in [6.45, 7) is 0. The maximum Gasteiger partial charge on any atom is 0.224 e. The number of carbonyl (C=O) groups is 2. The molecule has 0 aliphatic carbocycles. The molecule has 1 amide bonds. The zero-order valence-electron chi connectivity index (χ0n) is 7.75. The molecule has 1 aromatic carbocycles. The number of aldehydes is 1. The second kappa shape index (κ2) is 3.62. The van der Waals surface area contributed by atoms with E-state index in [4.69, 9.17) is 0 Å². The Hall–Kier alpha value is -1.64. The summed E-state index contributed by atoms with van der Waals surface area (Å²) >= 11 is 0. The van der Waals surface area contributed by atoms with Crippen LogP contribution in [-0.4, -0.2) is 12.2 Å². The third-order valence-electron chi connectivity index (χ3n) is 2.44. The fourth-order valence-electron chi connectivity index (χ4n) is 1.75. The normalized spacial score (nSPS) is 15.3. The highest BCUT2D eigenvalue weighted by molar-refractivity contribution is 5.94. The average Bonchev–Trinajstić information content (AvgIpc) is 2.37. The second-order valence-electron chi connectivity index (χ2n) is 3.39. The molecule has 72 valence electrons.